The second-order valence-electron chi connectivity index (χ2n) is 7.95. The van der Waals surface area contributed by atoms with Crippen molar-refractivity contribution < 1.29 is 18.7 Å². The van der Waals surface area contributed by atoms with Crippen molar-refractivity contribution in [1.29, 1.82) is 0 Å². The van der Waals surface area contributed by atoms with E-state index in [2.05, 4.69) is 11.4 Å². The zero-order chi connectivity index (χ0) is 20.3. The van der Waals surface area contributed by atoms with E-state index in [4.69, 9.17) is 9.47 Å². The molecule has 1 fully saturated rings. The molecule has 0 unspecified atom stereocenters. The summed E-state index contributed by atoms with van der Waals surface area (Å²) in [6.45, 7) is 1.46. The van der Waals surface area contributed by atoms with Gasteiger partial charge in [-0.3, -0.25) is 4.79 Å². The first-order chi connectivity index (χ1) is 14.1. The van der Waals surface area contributed by atoms with Crippen LogP contribution in [0.25, 0.3) is 0 Å². The highest BCUT2D eigenvalue weighted by Gasteiger charge is 2.40. The van der Waals surface area contributed by atoms with Gasteiger partial charge in [0.1, 0.15) is 11.4 Å². The summed E-state index contributed by atoms with van der Waals surface area (Å²) < 4.78 is 25.5. The third kappa shape index (κ3) is 4.37. The number of ether oxygens (including phenoxy) is 2. The molecule has 1 heterocycles. The van der Waals surface area contributed by atoms with Crippen LogP contribution < -0.4 is 14.8 Å². The first-order valence-corrected chi connectivity index (χ1v) is 10.2. The number of para-hydroxylation sites is 2. The quantitative estimate of drug-likeness (QED) is 0.856. The van der Waals surface area contributed by atoms with E-state index in [0.29, 0.717) is 0 Å². The van der Waals surface area contributed by atoms with Crippen molar-refractivity contribution in [3.8, 4) is 11.5 Å². The summed E-state index contributed by atoms with van der Waals surface area (Å²) in [4.78, 5) is 14.3. The highest BCUT2D eigenvalue weighted by Crippen LogP contribution is 2.37. The molecule has 2 aromatic carbocycles. The van der Waals surface area contributed by atoms with Crippen LogP contribution in [-0.4, -0.2) is 42.6 Å². The molecule has 154 valence electrons. The summed E-state index contributed by atoms with van der Waals surface area (Å²) in [5.74, 6) is 0.465. The molecule has 5 nitrogen and oxygen atoms in total. The number of hydrogen-bond acceptors (Lipinski definition) is 4. The van der Waals surface area contributed by atoms with Gasteiger partial charge in [0.05, 0.1) is 0 Å². The molecular formula is C23H27FN2O3. The van der Waals surface area contributed by atoms with Crippen molar-refractivity contribution in [3.05, 3.63) is 59.9 Å². The average molecular weight is 398 g/mol. The number of fused-ring (bicyclic) bond motifs is 1. The van der Waals surface area contributed by atoms with E-state index in [9.17, 15) is 9.18 Å². The number of carbonyl (C=O) groups is 1. The normalized spacial score (nSPS) is 23.6. The van der Waals surface area contributed by atoms with E-state index in [-0.39, 0.29) is 29.9 Å². The zero-order valence-electron chi connectivity index (χ0n) is 16.7. The van der Waals surface area contributed by atoms with Crippen molar-refractivity contribution >= 4 is 5.91 Å². The van der Waals surface area contributed by atoms with Gasteiger partial charge in [0, 0.05) is 31.7 Å². The number of benzene rings is 2. The van der Waals surface area contributed by atoms with Crippen LogP contribution in [0, 0.1) is 5.82 Å². The smallest absolute Gasteiger partial charge is 0.260 e. The molecule has 0 radical (unpaired) electrons. The van der Waals surface area contributed by atoms with Crippen molar-refractivity contribution in [2.45, 2.75) is 43.9 Å². The molecule has 0 saturated heterocycles. The first-order valence-electron chi connectivity index (χ1n) is 10.2. The minimum absolute atomic E-state index is 0.105. The maximum atomic E-state index is 13.7. The van der Waals surface area contributed by atoms with Gasteiger partial charge in [0.25, 0.3) is 5.91 Å². The zero-order valence-corrected chi connectivity index (χ0v) is 16.7. The number of likely N-dealkylation sites (N-methyl/N-ethyl adjacent to an activating group) is 1. The van der Waals surface area contributed by atoms with Gasteiger partial charge in [-0.25, -0.2) is 4.39 Å². The lowest BCUT2D eigenvalue weighted by molar-refractivity contribution is -0.135. The number of hydrogen-bond donors (Lipinski definition) is 1. The minimum atomic E-state index is -0.458. The first kappa shape index (κ1) is 19.7. The SMILES string of the molecule is CN(C(=O)COc1ccccc1F)C1CCC2(CC1)CNCc1ccccc1O2. The van der Waals surface area contributed by atoms with Crippen LogP contribution >= 0.6 is 0 Å². The molecule has 0 bridgehead atoms. The van der Waals surface area contributed by atoms with E-state index in [1.165, 1.54) is 17.7 Å². The molecule has 1 aliphatic heterocycles. The molecule has 2 aromatic rings. The summed E-state index contributed by atoms with van der Waals surface area (Å²) in [5, 5.41) is 3.51. The number of carbonyl (C=O) groups excluding carboxylic acids is 1. The number of amides is 1. The highest BCUT2D eigenvalue weighted by atomic mass is 19.1. The van der Waals surface area contributed by atoms with Crippen LogP contribution in [0.15, 0.2) is 48.5 Å². The van der Waals surface area contributed by atoms with Crippen molar-refractivity contribution in [3.63, 3.8) is 0 Å². The molecule has 1 N–H and O–H groups in total. The topological polar surface area (TPSA) is 50.8 Å². The molecule has 1 spiro atoms. The fraction of sp³-hybridized carbons (Fsp3) is 0.435. The Morgan fingerprint density at radius 2 is 1.93 bits per heavy atom. The predicted octanol–water partition coefficient (Wildman–Crippen LogP) is 3.53. The van der Waals surface area contributed by atoms with Crippen LogP contribution in [0.2, 0.25) is 0 Å². The largest absolute Gasteiger partial charge is 0.486 e. The van der Waals surface area contributed by atoms with E-state index in [1.54, 1.807) is 24.1 Å². The van der Waals surface area contributed by atoms with Gasteiger partial charge in [0.2, 0.25) is 0 Å². The maximum absolute atomic E-state index is 13.7. The summed E-state index contributed by atoms with van der Waals surface area (Å²) in [6, 6.07) is 14.4. The van der Waals surface area contributed by atoms with Gasteiger partial charge < -0.3 is 19.7 Å². The molecule has 29 heavy (non-hydrogen) atoms. The Bertz CT molecular complexity index is 865. The second-order valence-corrected chi connectivity index (χ2v) is 7.95. The van der Waals surface area contributed by atoms with Crippen LogP contribution in [0.3, 0.4) is 0 Å². The van der Waals surface area contributed by atoms with Gasteiger partial charge in [-0.15, -0.1) is 0 Å². The summed E-state index contributed by atoms with van der Waals surface area (Å²) in [6.07, 6.45) is 3.49. The Hall–Kier alpha value is -2.60. The minimum Gasteiger partial charge on any atom is -0.486 e. The Morgan fingerprint density at radius 1 is 1.21 bits per heavy atom. The molecule has 1 saturated carbocycles. The molecule has 4 rings (SSSR count). The van der Waals surface area contributed by atoms with Crippen LogP contribution in [0.5, 0.6) is 11.5 Å². The van der Waals surface area contributed by atoms with Crippen molar-refractivity contribution in [1.82, 2.24) is 10.2 Å². The lowest BCUT2D eigenvalue weighted by atomic mass is 9.81. The van der Waals surface area contributed by atoms with Crippen molar-refractivity contribution in [2.24, 2.45) is 0 Å². The van der Waals surface area contributed by atoms with Crippen LogP contribution in [0.4, 0.5) is 4.39 Å². The average Bonchev–Trinajstić information content (AvgIpc) is 2.92. The van der Waals surface area contributed by atoms with E-state index in [0.717, 1.165) is 44.5 Å². The van der Waals surface area contributed by atoms with Gasteiger partial charge in [-0.05, 0) is 43.9 Å². The fourth-order valence-corrected chi connectivity index (χ4v) is 4.25. The fourth-order valence-electron chi connectivity index (χ4n) is 4.25. The van der Waals surface area contributed by atoms with E-state index in [1.807, 2.05) is 18.2 Å². The highest BCUT2D eigenvalue weighted by molar-refractivity contribution is 5.77. The Morgan fingerprint density at radius 3 is 2.72 bits per heavy atom. The second kappa shape index (κ2) is 8.41. The molecule has 2 aliphatic rings. The Balaban J connectivity index is 1.33. The summed E-state index contributed by atoms with van der Waals surface area (Å²) >= 11 is 0. The number of rotatable bonds is 4. The Labute approximate surface area is 170 Å². The number of halogens is 1. The molecule has 6 heteroatoms. The monoisotopic (exact) mass is 398 g/mol. The molecule has 0 atom stereocenters. The molecule has 1 aliphatic carbocycles. The molecular weight excluding hydrogens is 371 g/mol. The van der Waals surface area contributed by atoms with E-state index < -0.39 is 5.82 Å². The summed E-state index contributed by atoms with van der Waals surface area (Å²) in [7, 11) is 1.80. The third-order valence-electron chi connectivity index (χ3n) is 6.06. The van der Waals surface area contributed by atoms with Crippen molar-refractivity contribution in [2.75, 3.05) is 20.2 Å². The van der Waals surface area contributed by atoms with Crippen LogP contribution in [0.1, 0.15) is 31.2 Å². The lowest BCUT2D eigenvalue weighted by Gasteiger charge is -2.42. The summed E-state index contributed by atoms with van der Waals surface area (Å²) in [5.41, 5.74) is 0.959. The molecule has 1 amide bonds. The van der Waals surface area contributed by atoms with E-state index >= 15 is 0 Å². The number of nitrogens with one attached hydrogen (secondary N) is 1. The molecule has 0 aromatic heterocycles. The van der Waals surface area contributed by atoms with Crippen LogP contribution in [-0.2, 0) is 11.3 Å². The van der Waals surface area contributed by atoms with Gasteiger partial charge in [0.15, 0.2) is 18.2 Å². The predicted molar refractivity (Wildman–Crippen MR) is 108 cm³/mol. The lowest BCUT2D eigenvalue weighted by Crippen LogP contribution is -2.51. The Kier molecular flexibility index (Phi) is 5.72. The standard InChI is InChI=1S/C23H27FN2O3/c1-26(22(27)15-28-21-9-5-3-7-19(21)24)18-10-12-23(13-11-18)16-25-14-17-6-2-4-8-20(17)29-23/h2-9,18,25H,10-16H2,1H3. The maximum Gasteiger partial charge on any atom is 0.260 e. The number of nitrogens with zero attached hydrogens (tertiary/aromatic N) is 1. The third-order valence-corrected chi connectivity index (χ3v) is 6.06. The van der Waals surface area contributed by atoms with Gasteiger partial charge in [-0.1, -0.05) is 30.3 Å². The van der Waals surface area contributed by atoms with Gasteiger partial charge in [-0.2, -0.15) is 0 Å². The van der Waals surface area contributed by atoms with Gasteiger partial charge >= 0.3 is 0 Å².